The number of rotatable bonds is 7. The van der Waals surface area contributed by atoms with Crippen LogP contribution in [-0.4, -0.2) is 58.1 Å². The van der Waals surface area contributed by atoms with E-state index in [0.717, 1.165) is 6.42 Å². The summed E-state index contributed by atoms with van der Waals surface area (Å²) in [4.78, 5) is 43.2. The molecule has 1 amide bonds. The Balaban J connectivity index is 1.55. The molecule has 0 spiro atoms. The van der Waals surface area contributed by atoms with Gasteiger partial charge >= 0.3 is 12.1 Å². The summed E-state index contributed by atoms with van der Waals surface area (Å²) in [5.41, 5.74) is -0.0937. The van der Waals surface area contributed by atoms with Crippen LogP contribution in [0.25, 0.3) is 0 Å². The molecule has 9 heteroatoms. The van der Waals surface area contributed by atoms with Crippen molar-refractivity contribution in [1.29, 1.82) is 0 Å². The Morgan fingerprint density at radius 2 is 1.90 bits per heavy atom. The van der Waals surface area contributed by atoms with Crippen LogP contribution in [0.1, 0.15) is 41.0 Å². The number of β-lactam (4-membered cyclic amide) rings is 1. The molecule has 0 saturated carbocycles. The topological polar surface area (TPSA) is 94.5 Å². The number of amides is 1. The first-order valence-electron chi connectivity index (χ1n) is 10.2. The van der Waals surface area contributed by atoms with Gasteiger partial charge in [0.1, 0.15) is 17.2 Å². The van der Waals surface area contributed by atoms with E-state index < -0.39 is 35.7 Å². The summed E-state index contributed by atoms with van der Waals surface area (Å²) >= 11 is 1.52. The highest BCUT2D eigenvalue weighted by Crippen LogP contribution is 2.52. The molecule has 8 nitrogen and oxygen atoms in total. The second-order valence-electron chi connectivity index (χ2n) is 8.72. The van der Waals surface area contributed by atoms with Gasteiger partial charge in [-0.2, -0.15) is 0 Å². The van der Waals surface area contributed by atoms with Crippen LogP contribution in [0.3, 0.4) is 0 Å². The summed E-state index contributed by atoms with van der Waals surface area (Å²) in [5.74, 6) is -0.506. The third-order valence-corrected chi connectivity index (χ3v) is 7.01. The Labute approximate surface area is 186 Å². The van der Waals surface area contributed by atoms with Crippen molar-refractivity contribution in [2.45, 2.75) is 63.2 Å². The highest BCUT2D eigenvalue weighted by molar-refractivity contribution is 8.01. The molecule has 2 fully saturated rings. The van der Waals surface area contributed by atoms with Gasteiger partial charge in [-0.25, -0.2) is 9.59 Å². The largest absolute Gasteiger partial charge is 0.516 e. The molecule has 2 aliphatic heterocycles. The van der Waals surface area contributed by atoms with Crippen molar-refractivity contribution in [3.63, 3.8) is 0 Å². The summed E-state index contributed by atoms with van der Waals surface area (Å²) in [7, 11) is 0. The van der Waals surface area contributed by atoms with Gasteiger partial charge < -0.3 is 19.1 Å². The lowest BCUT2D eigenvalue weighted by atomic mass is 9.91. The predicted molar refractivity (Wildman–Crippen MR) is 117 cm³/mol. The predicted octanol–water partition coefficient (Wildman–Crippen LogP) is 3.64. The second-order valence-corrected chi connectivity index (χ2v) is 10.5. The van der Waals surface area contributed by atoms with E-state index in [0.29, 0.717) is 5.75 Å². The average Bonchev–Trinajstić information content (AvgIpc) is 2.96. The maximum atomic E-state index is 12.7. The number of nitrogens with zero attached hydrogens (tertiary/aromatic N) is 2. The molecule has 0 N–H and O–H groups in total. The Morgan fingerprint density at radius 1 is 1.23 bits per heavy atom. The van der Waals surface area contributed by atoms with Gasteiger partial charge in [0.25, 0.3) is 5.91 Å². The van der Waals surface area contributed by atoms with E-state index in [2.05, 4.69) is 25.8 Å². The first kappa shape index (κ1) is 23.1. The first-order chi connectivity index (χ1) is 14.6. The van der Waals surface area contributed by atoms with Crippen LogP contribution in [0.5, 0.6) is 5.75 Å². The molecule has 3 atom stereocenters. The van der Waals surface area contributed by atoms with Gasteiger partial charge in [0.2, 0.25) is 6.79 Å². The zero-order chi connectivity index (χ0) is 22.8. The summed E-state index contributed by atoms with van der Waals surface area (Å²) in [5, 5.41) is -0.215. The Bertz CT molecular complexity index is 870. The Morgan fingerprint density at radius 3 is 2.55 bits per heavy atom. The molecule has 0 aliphatic carbocycles. The average molecular weight is 449 g/mol. The molecule has 31 heavy (non-hydrogen) atoms. The highest BCUT2D eigenvalue weighted by atomic mass is 32.2. The smallest absolute Gasteiger partial charge is 0.426 e. The fourth-order valence-corrected chi connectivity index (χ4v) is 4.93. The van der Waals surface area contributed by atoms with Crippen LogP contribution in [0, 0.1) is 5.41 Å². The fourth-order valence-electron chi connectivity index (χ4n) is 3.31. The quantitative estimate of drug-likeness (QED) is 0.207. The molecule has 1 aromatic carbocycles. The molecule has 168 valence electrons. The number of hydrogen-bond donors (Lipinski definition) is 0. The molecule has 2 aliphatic rings. The van der Waals surface area contributed by atoms with Gasteiger partial charge in [-0.05, 0) is 37.8 Å². The fraction of sp³-hybridized carbons (Fsp3) is 0.545. The number of carbonyl (C=O) groups is 3. The minimum Gasteiger partial charge on any atom is -0.426 e. The summed E-state index contributed by atoms with van der Waals surface area (Å²) in [6.07, 6.45) is 1.76. The molecule has 1 unspecified atom stereocenters. The third kappa shape index (κ3) is 5.03. The van der Waals surface area contributed by atoms with Crippen molar-refractivity contribution in [3.8, 4) is 5.75 Å². The van der Waals surface area contributed by atoms with Crippen LogP contribution >= 0.6 is 11.8 Å². The monoisotopic (exact) mass is 448 g/mol. The second kappa shape index (κ2) is 8.90. The first-order valence-corrected chi connectivity index (χ1v) is 11.0. The molecule has 2 heterocycles. The van der Waals surface area contributed by atoms with Crippen LogP contribution in [0.2, 0.25) is 0 Å². The third-order valence-electron chi connectivity index (χ3n) is 5.45. The molecule has 1 aromatic rings. The van der Waals surface area contributed by atoms with E-state index in [9.17, 15) is 14.4 Å². The summed E-state index contributed by atoms with van der Waals surface area (Å²) in [6.45, 7) is 9.37. The van der Waals surface area contributed by atoms with Crippen molar-refractivity contribution in [3.05, 3.63) is 30.3 Å². The van der Waals surface area contributed by atoms with Crippen molar-refractivity contribution in [2.75, 3.05) is 6.79 Å². The number of para-hydroxylation sites is 1. The number of fused-ring (bicyclic) bond motifs is 1. The molecule has 0 radical (unpaired) electrons. The highest BCUT2D eigenvalue weighted by Gasteiger charge is 2.64. The van der Waals surface area contributed by atoms with Crippen molar-refractivity contribution in [2.24, 2.45) is 10.4 Å². The molecule has 0 bridgehead atoms. The lowest BCUT2D eigenvalue weighted by Gasteiger charge is -2.42. The number of thioether (sulfide) groups is 1. The van der Waals surface area contributed by atoms with Gasteiger partial charge in [-0.15, -0.1) is 11.8 Å². The van der Waals surface area contributed by atoms with Crippen LogP contribution in [0.4, 0.5) is 4.79 Å². The van der Waals surface area contributed by atoms with Crippen LogP contribution in [0.15, 0.2) is 35.3 Å². The maximum Gasteiger partial charge on any atom is 0.516 e. The molecule has 3 rings (SSSR count). The molecular formula is C22H28N2O6S. The van der Waals surface area contributed by atoms with E-state index in [1.54, 1.807) is 30.3 Å². The van der Waals surface area contributed by atoms with Gasteiger partial charge in [0.15, 0.2) is 6.04 Å². The minimum atomic E-state index is -0.982. The summed E-state index contributed by atoms with van der Waals surface area (Å²) < 4.78 is 14.4. The van der Waals surface area contributed by atoms with Crippen LogP contribution in [-0.2, 0) is 19.1 Å². The SMILES string of the molecule is CCC(C)(C)C=NC1C(=O)N2[C@@H]1SC(C)(C)[C@@H]2C(=O)OCOC(=O)Oc1ccccc1. The zero-order valence-corrected chi connectivity index (χ0v) is 19.2. The lowest BCUT2D eigenvalue weighted by Crippen LogP contribution is -2.65. The maximum absolute atomic E-state index is 12.7. The minimum absolute atomic E-state index is 0.0937. The lowest BCUT2D eigenvalue weighted by molar-refractivity contribution is -0.168. The standard InChI is InChI=1S/C22H28N2O6S/c1-6-21(2,3)12-23-15-17(25)24-16(22(4,5)31-18(15)24)19(26)28-13-29-20(27)30-14-10-8-7-9-11-14/h7-12,15-16,18H,6,13H2,1-5H3/t15?,16-,18+/m0/s1. The number of benzene rings is 1. The van der Waals surface area contributed by atoms with E-state index >= 15 is 0 Å². The van der Waals surface area contributed by atoms with Crippen molar-refractivity contribution < 1.29 is 28.6 Å². The number of hydrogen-bond acceptors (Lipinski definition) is 8. The van der Waals surface area contributed by atoms with Crippen molar-refractivity contribution in [1.82, 2.24) is 4.90 Å². The Kier molecular flexibility index (Phi) is 6.64. The Hall–Kier alpha value is -2.55. The van der Waals surface area contributed by atoms with Gasteiger partial charge in [-0.3, -0.25) is 9.79 Å². The normalized spacial score (nSPS) is 24.5. The zero-order valence-electron chi connectivity index (χ0n) is 18.4. The van der Waals surface area contributed by atoms with E-state index in [1.165, 1.54) is 16.7 Å². The number of carbonyl (C=O) groups excluding carboxylic acids is 3. The van der Waals surface area contributed by atoms with Gasteiger partial charge in [0.05, 0.1) is 0 Å². The van der Waals surface area contributed by atoms with E-state index in [-0.39, 0.29) is 16.7 Å². The molecule has 0 aromatic heterocycles. The van der Waals surface area contributed by atoms with Gasteiger partial charge in [0, 0.05) is 11.0 Å². The number of aliphatic imine (C=N–C) groups is 1. The van der Waals surface area contributed by atoms with Crippen molar-refractivity contribution >= 4 is 36.0 Å². The summed E-state index contributed by atoms with van der Waals surface area (Å²) in [6, 6.07) is 7.13. The van der Waals surface area contributed by atoms with E-state index in [1.807, 2.05) is 20.1 Å². The van der Waals surface area contributed by atoms with E-state index in [4.69, 9.17) is 14.2 Å². The number of ether oxygens (including phenoxy) is 3. The number of esters is 1. The van der Waals surface area contributed by atoms with Crippen LogP contribution < -0.4 is 4.74 Å². The van der Waals surface area contributed by atoms with Gasteiger partial charge in [-0.1, -0.05) is 39.0 Å². The molecular weight excluding hydrogens is 420 g/mol. The molecule has 2 saturated heterocycles.